The lowest BCUT2D eigenvalue weighted by atomic mass is 10.1. The van der Waals surface area contributed by atoms with Gasteiger partial charge in [0.25, 0.3) is 0 Å². The maximum absolute atomic E-state index is 10.4. The number of rotatable bonds is 7. The van der Waals surface area contributed by atoms with E-state index in [0.29, 0.717) is 6.42 Å². The van der Waals surface area contributed by atoms with E-state index in [1.54, 1.807) is 6.20 Å². The third kappa shape index (κ3) is 4.89. The number of aromatic nitrogens is 1. The van der Waals surface area contributed by atoms with Crippen LogP contribution in [0.1, 0.15) is 31.4 Å². The average molecular weight is 222 g/mol. The van der Waals surface area contributed by atoms with Gasteiger partial charge in [-0.3, -0.25) is 9.78 Å². The Kier molecular flexibility index (Phi) is 5.50. The van der Waals surface area contributed by atoms with Crippen molar-refractivity contribution in [3.8, 4) is 0 Å². The predicted molar refractivity (Wildman–Crippen MR) is 62.0 cm³/mol. The fourth-order valence-electron chi connectivity index (χ4n) is 1.52. The largest absolute Gasteiger partial charge is 0.480 e. The number of nitrogens with zero attached hydrogens (tertiary/aromatic N) is 1. The number of carbonyl (C=O) groups is 1. The molecule has 3 N–H and O–H groups in total. The number of carboxylic acid groups (broad SMARTS) is 1. The third-order valence-corrected chi connectivity index (χ3v) is 2.49. The van der Waals surface area contributed by atoms with Crippen LogP contribution in [0.2, 0.25) is 0 Å². The zero-order valence-corrected chi connectivity index (χ0v) is 9.30. The van der Waals surface area contributed by atoms with Gasteiger partial charge >= 0.3 is 5.97 Å². The molecule has 4 nitrogen and oxygen atoms in total. The Morgan fingerprint density at radius 1 is 1.38 bits per heavy atom. The molecule has 0 spiro atoms. The van der Waals surface area contributed by atoms with E-state index >= 15 is 0 Å². The third-order valence-electron chi connectivity index (χ3n) is 2.49. The predicted octanol–water partition coefficient (Wildman–Crippen LogP) is 1.60. The van der Waals surface area contributed by atoms with Crippen LogP contribution in [-0.4, -0.2) is 22.1 Å². The summed E-state index contributed by atoms with van der Waals surface area (Å²) in [5.41, 5.74) is 6.49. The first-order chi connectivity index (χ1) is 7.70. The summed E-state index contributed by atoms with van der Waals surface area (Å²) in [6.07, 6.45) is 6.18. The summed E-state index contributed by atoms with van der Waals surface area (Å²) in [7, 11) is 0. The number of aryl methyl sites for hydroxylation is 1. The van der Waals surface area contributed by atoms with E-state index in [2.05, 4.69) is 4.98 Å². The Morgan fingerprint density at radius 2 is 2.19 bits per heavy atom. The fraction of sp³-hybridized carbons (Fsp3) is 0.500. The molecule has 0 aliphatic heterocycles. The van der Waals surface area contributed by atoms with Gasteiger partial charge in [-0.2, -0.15) is 0 Å². The quantitative estimate of drug-likeness (QED) is 0.687. The molecule has 0 amide bonds. The molecule has 1 aromatic rings. The van der Waals surface area contributed by atoms with Crippen molar-refractivity contribution in [1.29, 1.82) is 0 Å². The maximum Gasteiger partial charge on any atom is 0.320 e. The number of unbranched alkanes of at least 4 members (excludes halogenated alkanes) is 2. The van der Waals surface area contributed by atoms with Crippen LogP contribution in [0.15, 0.2) is 24.4 Å². The van der Waals surface area contributed by atoms with Gasteiger partial charge in [-0.1, -0.05) is 18.9 Å². The van der Waals surface area contributed by atoms with Crippen LogP contribution in [0.4, 0.5) is 0 Å². The Hall–Kier alpha value is -1.42. The van der Waals surface area contributed by atoms with Gasteiger partial charge in [0.2, 0.25) is 0 Å². The van der Waals surface area contributed by atoms with E-state index in [1.807, 2.05) is 18.2 Å². The molecule has 88 valence electrons. The second-order valence-electron chi connectivity index (χ2n) is 3.87. The van der Waals surface area contributed by atoms with E-state index in [4.69, 9.17) is 10.8 Å². The first kappa shape index (κ1) is 12.6. The molecule has 0 saturated heterocycles. The molecule has 1 unspecified atom stereocenters. The Morgan fingerprint density at radius 3 is 2.81 bits per heavy atom. The topological polar surface area (TPSA) is 76.2 Å². The summed E-state index contributed by atoms with van der Waals surface area (Å²) in [5.74, 6) is -0.912. The molecule has 1 atom stereocenters. The highest BCUT2D eigenvalue weighted by Crippen LogP contribution is 2.06. The summed E-state index contributed by atoms with van der Waals surface area (Å²) in [6, 6.07) is 5.16. The molecule has 1 aromatic heterocycles. The van der Waals surface area contributed by atoms with E-state index in [0.717, 1.165) is 31.4 Å². The maximum atomic E-state index is 10.4. The monoisotopic (exact) mass is 222 g/mol. The minimum absolute atomic E-state index is 0.553. The highest BCUT2D eigenvalue weighted by molar-refractivity contribution is 5.72. The van der Waals surface area contributed by atoms with Gasteiger partial charge in [-0.15, -0.1) is 0 Å². The van der Waals surface area contributed by atoms with Crippen molar-refractivity contribution >= 4 is 5.97 Å². The molecule has 0 aromatic carbocycles. The Bertz CT molecular complexity index is 314. The average Bonchev–Trinajstić information content (AvgIpc) is 2.29. The number of hydrogen-bond acceptors (Lipinski definition) is 3. The van der Waals surface area contributed by atoms with Gasteiger partial charge in [-0.05, 0) is 31.4 Å². The number of hydrogen-bond donors (Lipinski definition) is 2. The molecule has 16 heavy (non-hydrogen) atoms. The lowest BCUT2D eigenvalue weighted by Crippen LogP contribution is -2.29. The zero-order chi connectivity index (χ0) is 11.8. The van der Waals surface area contributed by atoms with Crippen LogP contribution in [-0.2, 0) is 11.2 Å². The van der Waals surface area contributed by atoms with Gasteiger partial charge in [0, 0.05) is 11.9 Å². The summed E-state index contributed by atoms with van der Waals surface area (Å²) >= 11 is 0. The van der Waals surface area contributed by atoms with Crippen LogP contribution >= 0.6 is 0 Å². The Labute approximate surface area is 95.5 Å². The standard InChI is InChI=1S/C12H18N2O2/c13-11(12(15)16)8-3-1-2-6-10-7-4-5-9-14-10/h4-5,7,9,11H,1-3,6,8,13H2,(H,15,16). The Balaban J connectivity index is 2.07. The first-order valence-electron chi connectivity index (χ1n) is 5.58. The normalized spacial score (nSPS) is 12.3. The molecular formula is C12H18N2O2. The smallest absolute Gasteiger partial charge is 0.320 e. The molecule has 0 fully saturated rings. The molecule has 4 heteroatoms. The summed E-state index contributed by atoms with van der Waals surface area (Å²) in [5, 5.41) is 8.58. The molecule has 1 heterocycles. The van der Waals surface area contributed by atoms with Gasteiger partial charge in [0.1, 0.15) is 6.04 Å². The minimum Gasteiger partial charge on any atom is -0.480 e. The van der Waals surface area contributed by atoms with Gasteiger partial charge < -0.3 is 10.8 Å². The van der Waals surface area contributed by atoms with Crippen molar-refractivity contribution < 1.29 is 9.90 Å². The molecule has 0 bridgehead atoms. The van der Waals surface area contributed by atoms with Crippen LogP contribution in [0, 0.1) is 0 Å². The molecule has 0 aliphatic carbocycles. The second-order valence-corrected chi connectivity index (χ2v) is 3.87. The van der Waals surface area contributed by atoms with Crippen molar-refractivity contribution in [2.45, 2.75) is 38.1 Å². The van der Waals surface area contributed by atoms with Crippen LogP contribution in [0.5, 0.6) is 0 Å². The fourth-order valence-corrected chi connectivity index (χ4v) is 1.52. The number of carboxylic acids is 1. The lowest BCUT2D eigenvalue weighted by Gasteiger charge is -2.05. The SMILES string of the molecule is NC(CCCCCc1ccccn1)C(=O)O. The minimum atomic E-state index is -0.912. The molecule has 0 radical (unpaired) electrons. The highest BCUT2D eigenvalue weighted by atomic mass is 16.4. The summed E-state index contributed by atoms with van der Waals surface area (Å²) in [6.45, 7) is 0. The van der Waals surface area contributed by atoms with Crippen molar-refractivity contribution in [3.63, 3.8) is 0 Å². The number of aliphatic carboxylic acids is 1. The first-order valence-corrected chi connectivity index (χ1v) is 5.58. The highest BCUT2D eigenvalue weighted by Gasteiger charge is 2.09. The van der Waals surface area contributed by atoms with Crippen LogP contribution in [0.3, 0.4) is 0 Å². The summed E-state index contributed by atoms with van der Waals surface area (Å²) < 4.78 is 0. The zero-order valence-electron chi connectivity index (χ0n) is 9.30. The van der Waals surface area contributed by atoms with Gasteiger partial charge in [0.15, 0.2) is 0 Å². The second kappa shape index (κ2) is 6.95. The van der Waals surface area contributed by atoms with Crippen molar-refractivity contribution in [1.82, 2.24) is 4.98 Å². The molecule has 0 aliphatic rings. The van der Waals surface area contributed by atoms with Crippen LogP contribution < -0.4 is 5.73 Å². The lowest BCUT2D eigenvalue weighted by molar-refractivity contribution is -0.138. The van der Waals surface area contributed by atoms with E-state index in [9.17, 15) is 4.79 Å². The number of pyridine rings is 1. The van der Waals surface area contributed by atoms with Gasteiger partial charge in [-0.25, -0.2) is 0 Å². The molecule has 1 rings (SSSR count). The van der Waals surface area contributed by atoms with Crippen LogP contribution in [0.25, 0.3) is 0 Å². The van der Waals surface area contributed by atoms with E-state index in [1.165, 1.54) is 0 Å². The van der Waals surface area contributed by atoms with Crippen molar-refractivity contribution in [2.75, 3.05) is 0 Å². The summed E-state index contributed by atoms with van der Waals surface area (Å²) in [4.78, 5) is 14.7. The van der Waals surface area contributed by atoms with E-state index in [-0.39, 0.29) is 0 Å². The molecular weight excluding hydrogens is 204 g/mol. The van der Waals surface area contributed by atoms with E-state index < -0.39 is 12.0 Å². The molecule has 0 saturated carbocycles. The van der Waals surface area contributed by atoms with Crippen molar-refractivity contribution in [2.24, 2.45) is 5.73 Å². The number of nitrogens with two attached hydrogens (primary N) is 1. The van der Waals surface area contributed by atoms with Gasteiger partial charge in [0.05, 0.1) is 0 Å². The van der Waals surface area contributed by atoms with Crippen molar-refractivity contribution in [3.05, 3.63) is 30.1 Å².